The van der Waals surface area contributed by atoms with Crippen LogP contribution in [0.15, 0.2) is 6.33 Å². The standard InChI is InChI=1S/C7H8N4O3S/c8-1-7-9-4-11(10-7)5-2-15(13,14)3-6(5)12/h4-6,12H,2-3H2. The minimum absolute atomic E-state index is 0.0357. The van der Waals surface area contributed by atoms with Crippen LogP contribution in [0.25, 0.3) is 0 Å². The Kier molecular flexibility index (Phi) is 2.21. The maximum atomic E-state index is 11.2. The smallest absolute Gasteiger partial charge is 0.252 e. The lowest BCUT2D eigenvalue weighted by Crippen LogP contribution is -2.22. The third kappa shape index (κ3) is 1.84. The van der Waals surface area contributed by atoms with Crippen LogP contribution in [-0.4, -0.2) is 45.9 Å². The van der Waals surface area contributed by atoms with E-state index >= 15 is 0 Å². The highest BCUT2D eigenvalue weighted by molar-refractivity contribution is 7.91. The van der Waals surface area contributed by atoms with Crippen molar-refractivity contribution in [2.24, 2.45) is 0 Å². The molecular weight excluding hydrogens is 220 g/mol. The second-order valence-electron chi connectivity index (χ2n) is 3.37. The highest BCUT2D eigenvalue weighted by atomic mass is 32.2. The molecule has 0 radical (unpaired) electrons. The van der Waals surface area contributed by atoms with Crippen molar-refractivity contribution in [3.8, 4) is 6.07 Å². The molecule has 0 saturated carbocycles. The summed E-state index contributed by atoms with van der Waals surface area (Å²) in [6, 6.07) is 1.10. The highest BCUT2D eigenvalue weighted by Gasteiger charge is 2.38. The Morgan fingerprint density at radius 1 is 1.60 bits per heavy atom. The molecule has 2 atom stereocenters. The molecule has 1 saturated heterocycles. The second kappa shape index (κ2) is 3.29. The Bertz CT molecular complexity index is 515. The lowest BCUT2D eigenvalue weighted by Gasteiger charge is -2.11. The van der Waals surface area contributed by atoms with Crippen molar-refractivity contribution in [2.75, 3.05) is 11.5 Å². The summed E-state index contributed by atoms with van der Waals surface area (Å²) in [6.45, 7) is 0. The minimum Gasteiger partial charge on any atom is -0.390 e. The number of aliphatic hydroxyl groups is 1. The Balaban J connectivity index is 2.30. The maximum Gasteiger partial charge on any atom is 0.252 e. The van der Waals surface area contributed by atoms with Gasteiger partial charge in [-0.1, -0.05) is 0 Å². The third-order valence-electron chi connectivity index (χ3n) is 2.24. The number of nitrogens with zero attached hydrogens (tertiary/aromatic N) is 4. The van der Waals surface area contributed by atoms with E-state index in [9.17, 15) is 13.5 Å². The Morgan fingerprint density at radius 3 is 2.80 bits per heavy atom. The van der Waals surface area contributed by atoms with E-state index in [2.05, 4.69) is 10.1 Å². The number of sulfone groups is 1. The fraction of sp³-hybridized carbons (Fsp3) is 0.571. The van der Waals surface area contributed by atoms with Crippen LogP contribution in [0.3, 0.4) is 0 Å². The zero-order valence-electron chi connectivity index (χ0n) is 7.61. The van der Waals surface area contributed by atoms with Crippen LogP contribution in [0.1, 0.15) is 11.9 Å². The predicted octanol–water partition coefficient (Wildman–Crippen LogP) is -1.52. The van der Waals surface area contributed by atoms with Gasteiger partial charge < -0.3 is 5.11 Å². The first-order chi connectivity index (χ1) is 7.02. The molecule has 8 heteroatoms. The Morgan fingerprint density at radius 2 is 2.33 bits per heavy atom. The first-order valence-electron chi connectivity index (χ1n) is 4.21. The Labute approximate surface area is 85.9 Å². The van der Waals surface area contributed by atoms with Crippen molar-refractivity contribution in [3.05, 3.63) is 12.2 Å². The molecule has 2 unspecified atom stereocenters. The van der Waals surface area contributed by atoms with E-state index in [1.165, 1.54) is 11.0 Å². The van der Waals surface area contributed by atoms with Crippen LogP contribution in [0.5, 0.6) is 0 Å². The van der Waals surface area contributed by atoms with Gasteiger partial charge in [-0.3, -0.25) is 0 Å². The molecule has 80 valence electrons. The molecule has 0 bridgehead atoms. The summed E-state index contributed by atoms with van der Waals surface area (Å²) in [6.07, 6.45) is 0.274. The first-order valence-corrected chi connectivity index (χ1v) is 6.04. The summed E-state index contributed by atoms with van der Waals surface area (Å²) in [7, 11) is -3.21. The van der Waals surface area contributed by atoms with Crippen molar-refractivity contribution in [2.45, 2.75) is 12.1 Å². The van der Waals surface area contributed by atoms with E-state index in [1.54, 1.807) is 6.07 Å². The second-order valence-corrected chi connectivity index (χ2v) is 5.53. The molecule has 1 aliphatic rings. The van der Waals surface area contributed by atoms with E-state index in [4.69, 9.17) is 5.26 Å². The van der Waals surface area contributed by atoms with E-state index in [0.717, 1.165) is 0 Å². The molecule has 0 aliphatic carbocycles. The average molecular weight is 228 g/mol. The summed E-state index contributed by atoms with van der Waals surface area (Å²) in [4.78, 5) is 3.65. The van der Waals surface area contributed by atoms with Gasteiger partial charge in [-0.25, -0.2) is 18.1 Å². The van der Waals surface area contributed by atoms with Crippen LogP contribution in [-0.2, 0) is 9.84 Å². The molecule has 1 fully saturated rings. The molecule has 7 nitrogen and oxygen atoms in total. The van der Waals surface area contributed by atoms with Crippen LogP contribution in [0.2, 0.25) is 0 Å². The summed E-state index contributed by atoms with van der Waals surface area (Å²) in [5.41, 5.74) is 0. The number of hydrogen-bond acceptors (Lipinski definition) is 6. The highest BCUT2D eigenvalue weighted by Crippen LogP contribution is 2.22. The average Bonchev–Trinajstić information content (AvgIpc) is 2.69. The number of aromatic nitrogens is 3. The van der Waals surface area contributed by atoms with E-state index in [-0.39, 0.29) is 17.3 Å². The quantitative estimate of drug-likeness (QED) is 0.625. The van der Waals surface area contributed by atoms with Crippen molar-refractivity contribution >= 4 is 9.84 Å². The van der Waals surface area contributed by atoms with E-state index in [1.807, 2.05) is 0 Å². The monoisotopic (exact) mass is 228 g/mol. The largest absolute Gasteiger partial charge is 0.390 e. The summed E-state index contributed by atoms with van der Waals surface area (Å²) in [5, 5.41) is 21.7. The molecular formula is C7H8N4O3S. The molecule has 0 spiro atoms. The Hall–Kier alpha value is -1.46. The zero-order valence-corrected chi connectivity index (χ0v) is 8.42. The lowest BCUT2D eigenvalue weighted by atomic mass is 10.2. The van der Waals surface area contributed by atoms with Crippen LogP contribution in [0.4, 0.5) is 0 Å². The molecule has 2 heterocycles. The molecule has 2 rings (SSSR count). The van der Waals surface area contributed by atoms with Gasteiger partial charge in [0.2, 0.25) is 0 Å². The number of hydrogen-bond donors (Lipinski definition) is 1. The van der Waals surface area contributed by atoms with Crippen molar-refractivity contribution in [3.63, 3.8) is 0 Å². The van der Waals surface area contributed by atoms with Gasteiger partial charge in [0.1, 0.15) is 12.4 Å². The van der Waals surface area contributed by atoms with Gasteiger partial charge in [-0.2, -0.15) is 5.26 Å². The van der Waals surface area contributed by atoms with E-state index < -0.39 is 22.0 Å². The van der Waals surface area contributed by atoms with Gasteiger partial charge >= 0.3 is 0 Å². The van der Waals surface area contributed by atoms with Crippen molar-refractivity contribution < 1.29 is 13.5 Å². The van der Waals surface area contributed by atoms with Gasteiger partial charge in [0.05, 0.1) is 23.7 Å². The van der Waals surface area contributed by atoms with Crippen LogP contribution >= 0.6 is 0 Å². The van der Waals surface area contributed by atoms with Crippen molar-refractivity contribution in [1.29, 1.82) is 5.26 Å². The molecule has 0 aromatic carbocycles. The van der Waals surface area contributed by atoms with Gasteiger partial charge in [0.25, 0.3) is 5.82 Å². The van der Waals surface area contributed by atoms with Crippen LogP contribution in [0, 0.1) is 11.3 Å². The number of nitriles is 1. The zero-order chi connectivity index (χ0) is 11.1. The number of aliphatic hydroxyl groups excluding tert-OH is 1. The van der Waals surface area contributed by atoms with Gasteiger partial charge in [0.15, 0.2) is 9.84 Å². The van der Waals surface area contributed by atoms with Gasteiger partial charge in [0, 0.05) is 0 Å². The molecule has 1 aromatic rings. The summed E-state index contributed by atoms with van der Waals surface area (Å²) >= 11 is 0. The molecule has 15 heavy (non-hydrogen) atoms. The molecule has 1 aliphatic heterocycles. The minimum atomic E-state index is -3.21. The van der Waals surface area contributed by atoms with E-state index in [0.29, 0.717) is 0 Å². The SMILES string of the molecule is N#Cc1ncn(C2CS(=O)(=O)CC2O)n1. The normalized spacial score (nSPS) is 28.8. The summed E-state index contributed by atoms with van der Waals surface area (Å²) < 4.78 is 23.7. The third-order valence-corrected chi connectivity index (χ3v) is 3.94. The molecule has 0 amide bonds. The fourth-order valence-electron chi connectivity index (χ4n) is 1.55. The summed E-state index contributed by atoms with van der Waals surface area (Å²) in [5.74, 6) is -0.464. The lowest BCUT2D eigenvalue weighted by molar-refractivity contribution is 0.146. The molecule has 1 aromatic heterocycles. The maximum absolute atomic E-state index is 11.2. The van der Waals surface area contributed by atoms with Gasteiger partial charge in [-0.15, -0.1) is 5.10 Å². The topological polar surface area (TPSA) is 109 Å². The van der Waals surface area contributed by atoms with Crippen LogP contribution < -0.4 is 0 Å². The first kappa shape index (κ1) is 10.1. The van der Waals surface area contributed by atoms with Gasteiger partial charge in [-0.05, 0) is 0 Å². The number of rotatable bonds is 1. The van der Waals surface area contributed by atoms with Crippen molar-refractivity contribution in [1.82, 2.24) is 14.8 Å². The fourth-order valence-corrected chi connectivity index (χ4v) is 3.32. The molecule has 1 N–H and O–H groups in total. The predicted molar refractivity (Wildman–Crippen MR) is 48.4 cm³/mol.